The maximum absolute atomic E-state index is 13.1. The fraction of sp³-hybridized carbons (Fsp3) is 0.333. The van der Waals surface area contributed by atoms with Crippen molar-refractivity contribution in [1.29, 1.82) is 0 Å². The minimum absolute atomic E-state index is 0.175. The average Bonchev–Trinajstić information content (AvgIpc) is 3.53. The van der Waals surface area contributed by atoms with Crippen molar-refractivity contribution in [2.24, 2.45) is 0 Å². The van der Waals surface area contributed by atoms with Crippen molar-refractivity contribution >= 4 is 23.5 Å². The molecule has 0 saturated carbocycles. The summed E-state index contributed by atoms with van der Waals surface area (Å²) in [4.78, 5) is 29.6. The first-order chi connectivity index (χ1) is 16.1. The highest BCUT2D eigenvalue weighted by atomic mass is 16.5. The van der Waals surface area contributed by atoms with E-state index in [0.717, 1.165) is 5.69 Å². The Hall–Kier alpha value is -4.22. The van der Waals surface area contributed by atoms with Crippen LogP contribution in [0.25, 0.3) is 5.69 Å². The summed E-state index contributed by atoms with van der Waals surface area (Å²) in [5.74, 6) is -0.664. The lowest BCUT2D eigenvalue weighted by Gasteiger charge is -2.34. The SMILES string of the molecule is COc1cc[n+]([O-])c2c1C(C(=O)C(=O)N1CCN(c3nnnn3-c3ccccc3)CC1)CN2. The number of tetrazole rings is 1. The van der Waals surface area contributed by atoms with E-state index in [0.29, 0.717) is 48.2 Å². The van der Waals surface area contributed by atoms with Crippen LogP contribution in [0.4, 0.5) is 11.8 Å². The average molecular weight is 450 g/mol. The molecule has 5 rings (SSSR count). The quantitative estimate of drug-likeness (QED) is 0.317. The molecule has 0 aliphatic carbocycles. The molecule has 0 spiro atoms. The minimum Gasteiger partial charge on any atom is -0.711 e. The third-order valence-corrected chi connectivity index (χ3v) is 5.98. The molecule has 3 aromatic rings. The first kappa shape index (κ1) is 20.7. The fourth-order valence-corrected chi connectivity index (χ4v) is 4.28. The second-order valence-electron chi connectivity index (χ2n) is 7.78. The number of methoxy groups -OCH3 is 1. The number of nitrogens with one attached hydrogen (secondary N) is 1. The van der Waals surface area contributed by atoms with E-state index in [9.17, 15) is 14.8 Å². The van der Waals surface area contributed by atoms with Crippen LogP contribution in [0.1, 0.15) is 11.5 Å². The summed E-state index contributed by atoms with van der Waals surface area (Å²) in [7, 11) is 1.47. The Balaban J connectivity index is 1.28. The first-order valence-electron chi connectivity index (χ1n) is 10.5. The van der Waals surface area contributed by atoms with Crippen LogP contribution in [0.3, 0.4) is 0 Å². The number of anilines is 2. The Labute approximate surface area is 188 Å². The van der Waals surface area contributed by atoms with Gasteiger partial charge in [0.1, 0.15) is 11.7 Å². The Kier molecular flexibility index (Phi) is 5.24. The van der Waals surface area contributed by atoms with Crippen LogP contribution in [-0.4, -0.2) is 76.6 Å². The van der Waals surface area contributed by atoms with Crippen LogP contribution in [0, 0.1) is 5.21 Å². The van der Waals surface area contributed by atoms with Gasteiger partial charge in [-0.25, -0.2) is 4.73 Å². The zero-order valence-electron chi connectivity index (χ0n) is 17.9. The number of aromatic nitrogens is 5. The summed E-state index contributed by atoms with van der Waals surface area (Å²) in [6.07, 6.45) is 1.31. The summed E-state index contributed by atoms with van der Waals surface area (Å²) in [5, 5.41) is 27.0. The number of Topliss-reactive ketones (excluding diaryl/α,β-unsaturated/α-hetero) is 1. The van der Waals surface area contributed by atoms with Crippen LogP contribution in [0.15, 0.2) is 42.6 Å². The van der Waals surface area contributed by atoms with Crippen molar-refractivity contribution in [3.8, 4) is 11.4 Å². The topological polar surface area (TPSA) is 132 Å². The molecule has 12 nitrogen and oxygen atoms in total. The molecule has 1 fully saturated rings. The van der Waals surface area contributed by atoms with Gasteiger partial charge in [-0.15, -0.1) is 0 Å². The number of benzene rings is 1. The Morgan fingerprint density at radius 1 is 1.15 bits per heavy atom. The van der Waals surface area contributed by atoms with Gasteiger partial charge in [0.05, 0.1) is 31.1 Å². The Bertz CT molecular complexity index is 1190. The van der Waals surface area contributed by atoms with Gasteiger partial charge in [0.25, 0.3) is 11.7 Å². The molecule has 2 aliphatic heterocycles. The lowest BCUT2D eigenvalue weighted by atomic mass is 9.96. The molecule has 4 heterocycles. The van der Waals surface area contributed by atoms with E-state index in [1.54, 1.807) is 4.68 Å². The van der Waals surface area contributed by atoms with Crippen LogP contribution >= 0.6 is 0 Å². The second kappa shape index (κ2) is 8.37. The maximum atomic E-state index is 13.1. The number of nitrogens with zero attached hydrogens (tertiary/aromatic N) is 7. The summed E-state index contributed by atoms with van der Waals surface area (Å²) in [5.41, 5.74) is 1.26. The van der Waals surface area contributed by atoms with Gasteiger partial charge in [0, 0.05) is 32.2 Å². The number of fused-ring (bicyclic) bond motifs is 1. The number of piperazine rings is 1. The molecule has 0 radical (unpaired) electrons. The molecule has 12 heteroatoms. The zero-order chi connectivity index (χ0) is 22.9. The molecule has 1 saturated heterocycles. The first-order valence-corrected chi connectivity index (χ1v) is 10.5. The van der Waals surface area contributed by atoms with Crippen molar-refractivity contribution in [2.75, 3.05) is 50.1 Å². The van der Waals surface area contributed by atoms with E-state index in [2.05, 4.69) is 20.8 Å². The summed E-state index contributed by atoms with van der Waals surface area (Å²) in [6.45, 7) is 1.85. The van der Waals surface area contributed by atoms with E-state index in [1.807, 2.05) is 35.2 Å². The monoisotopic (exact) mass is 450 g/mol. The molecule has 170 valence electrons. The number of ketones is 1. The number of pyridine rings is 1. The molecule has 1 aromatic carbocycles. The summed E-state index contributed by atoms with van der Waals surface area (Å²) in [6, 6.07) is 11.0. The van der Waals surface area contributed by atoms with Crippen molar-refractivity contribution in [3.05, 3.63) is 53.4 Å². The van der Waals surface area contributed by atoms with E-state index >= 15 is 0 Å². The van der Waals surface area contributed by atoms with Crippen molar-refractivity contribution in [3.63, 3.8) is 0 Å². The van der Waals surface area contributed by atoms with Gasteiger partial charge in [-0.2, -0.15) is 4.68 Å². The summed E-state index contributed by atoms with van der Waals surface area (Å²) >= 11 is 0. The largest absolute Gasteiger partial charge is 0.711 e. The molecule has 0 bridgehead atoms. The predicted octanol–water partition coefficient (Wildman–Crippen LogP) is -0.269. The Morgan fingerprint density at radius 2 is 1.91 bits per heavy atom. The fourth-order valence-electron chi connectivity index (χ4n) is 4.28. The van der Waals surface area contributed by atoms with Gasteiger partial charge in [-0.05, 0) is 22.6 Å². The van der Waals surface area contributed by atoms with Crippen LogP contribution in [0.2, 0.25) is 0 Å². The van der Waals surface area contributed by atoms with Gasteiger partial charge in [-0.3, -0.25) is 14.9 Å². The standard InChI is InChI=1S/C21H22N8O4/c1-33-16-7-8-28(32)19-17(16)15(13-22-19)18(30)20(31)26-9-11-27(12-10-26)21-23-24-25-29(21)14-5-3-2-4-6-14/h2-8,15,22H,9-13H2,1H3. The number of para-hydroxylation sites is 1. The van der Waals surface area contributed by atoms with Crippen molar-refractivity contribution in [1.82, 2.24) is 25.1 Å². The lowest BCUT2D eigenvalue weighted by molar-refractivity contribution is -0.590. The van der Waals surface area contributed by atoms with E-state index in [-0.39, 0.29) is 12.4 Å². The maximum Gasteiger partial charge on any atom is 0.290 e. The van der Waals surface area contributed by atoms with Crippen LogP contribution in [0.5, 0.6) is 5.75 Å². The number of amides is 1. The molecular formula is C21H22N8O4. The molecule has 1 atom stereocenters. The highest BCUT2D eigenvalue weighted by Crippen LogP contribution is 2.37. The van der Waals surface area contributed by atoms with Crippen molar-refractivity contribution in [2.45, 2.75) is 5.92 Å². The second-order valence-corrected chi connectivity index (χ2v) is 7.78. The molecule has 2 aromatic heterocycles. The number of carbonyl (C=O) groups is 2. The smallest absolute Gasteiger partial charge is 0.290 e. The number of carbonyl (C=O) groups excluding carboxylic acids is 2. The summed E-state index contributed by atoms with van der Waals surface area (Å²) < 4.78 is 7.61. The van der Waals surface area contributed by atoms with Crippen LogP contribution < -0.4 is 19.7 Å². The highest BCUT2D eigenvalue weighted by molar-refractivity contribution is 6.38. The van der Waals surface area contributed by atoms with Gasteiger partial charge >= 0.3 is 0 Å². The number of hydrogen-bond acceptors (Lipinski definition) is 9. The minimum atomic E-state index is -0.771. The molecule has 1 unspecified atom stereocenters. The van der Waals surface area contributed by atoms with Gasteiger partial charge in [-0.1, -0.05) is 23.3 Å². The highest BCUT2D eigenvalue weighted by Gasteiger charge is 2.42. The lowest BCUT2D eigenvalue weighted by Crippen LogP contribution is -2.52. The zero-order valence-corrected chi connectivity index (χ0v) is 17.9. The third kappa shape index (κ3) is 3.58. The molecule has 1 amide bonds. The third-order valence-electron chi connectivity index (χ3n) is 5.98. The van der Waals surface area contributed by atoms with Gasteiger partial charge < -0.3 is 19.7 Å². The number of ether oxygens (including phenoxy) is 1. The van der Waals surface area contributed by atoms with Gasteiger partial charge in [0.2, 0.25) is 11.7 Å². The molecular weight excluding hydrogens is 428 g/mol. The number of rotatable bonds is 5. The van der Waals surface area contributed by atoms with E-state index in [1.165, 1.54) is 24.3 Å². The molecule has 1 N–H and O–H groups in total. The van der Waals surface area contributed by atoms with Crippen molar-refractivity contribution < 1.29 is 19.1 Å². The van der Waals surface area contributed by atoms with E-state index < -0.39 is 17.6 Å². The Morgan fingerprint density at radius 3 is 2.64 bits per heavy atom. The predicted molar refractivity (Wildman–Crippen MR) is 116 cm³/mol. The molecule has 33 heavy (non-hydrogen) atoms. The van der Waals surface area contributed by atoms with Gasteiger partial charge in [0.15, 0.2) is 0 Å². The van der Waals surface area contributed by atoms with E-state index in [4.69, 9.17) is 4.74 Å². The number of hydrogen-bond donors (Lipinski definition) is 1. The normalized spacial score (nSPS) is 17.4. The van der Waals surface area contributed by atoms with Crippen LogP contribution in [-0.2, 0) is 9.59 Å². The molecule has 2 aliphatic rings.